The fourth-order valence-electron chi connectivity index (χ4n) is 3.75. The number of aromatic nitrogens is 2. The molecule has 0 aliphatic heterocycles. The van der Waals surface area contributed by atoms with Gasteiger partial charge in [-0.2, -0.15) is 9.78 Å². The van der Waals surface area contributed by atoms with E-state index in [0.29, 0.717) is 45.1 Å². The minimum Gasteiger partial charge on any atom is -0.493 e. The number of rotatable bonds is 7. The van der Waals surface area contributed by atoms with Crippen LogP contribution >= 0.6 is 15.9 Å². The van der Waals surface area contributed by atoms with Crippen LogP contribution in [0.5, 0.6) is 17.2 Å². The van der Waals surface area contributed by atoms with Gasteiger partial charge in [-0.25, -0.2) is 9.37 Å². The Morgan fingerprint density at radius 1 is 1.05 bits per heavy atom. The summed E-state index contributed by atoms with van der Waals surface area (Å²) in [5.41, 5.74) is 0.882. The van der Waals surface area contributed by atoms with E-state index in [4.69, 9.17) is 19.2 Å². The number of halogens is 2. The lowest BCUT2D eigenvalue weighted by molar-refractivity contribution is 0.262. The highest BCUT2D eigenvalue weighted by atomic mass is 79.9. The number of methoxy groups -OCH3 is 2. The van der Waals surface area contributed by atoms with Crippen LogP contribution in [0.3, 0.4) is 0 Å². The van der Waals surface area contributed by atoms with Gasteiger partial charge in [-0.05, 0) is 36.4 Å². The Hall–Kier alpha value is -3.72. The molecule has 0 saturated carbocycles. The number of fused-ring (bicyclic) bond motifs is 1. The SMILES string of the molecule is COc1cc(C=Nn2c(C(C)(C)C)nc3ccc(Br)cc3c2=O)cc(OC)c1OCc1ccccc1F. The van der Waals surface area contributed by atoms with Crippen LogP contribution in [0, 0.1) is 5.82 Å². The second-order valence-electron chi connectivity index (χ2n) is 9.34. The van der Waals surface area contributed by atoms with Crippen molar-refractivity contribution in [2.24, 2.45) is 5.10 Å². The smallest absolute Gasteiger partial charge is 0.282 e. The highest BCUT2D eigenvalue weighted by Crippen LogP contribution is 2.39. The molecular formula is C28H27BrFN3O4. The lowest BCUT2D eigenvalue weighted by atomic mass is 9.95. The average Bonchev–Trinajstić information content (AvgIpc) is 2.87. The molecule has 7 nitrogen and oxygen atoms in total. The Labute approximate surface area is 222 Å². The van der Waals surface area contributed by atoms with Gasteiger partial charge >= 0.3 is 0 Å². The van der Waals surface area contributed by atoms with Crippen LogP contribution in [0.4, 0.5) is 4.39 Å². The molecule has 37 heavy (non-hydrogen) atoms. The molecule has 0 atom stereocenters. The average molecular weight is 568 g/mol. The van der Waals surface area contributed by atoms with Crippen LogP contribution in [0.15, 0.2) is 69.0 Å². The third-order valence-corrected chi connectivity index (χ3v) is 6.11. The normalized spacial score (nSPS) is 11.8. The van der Waals surface area contributed by atoms with E-state index in [9.17, 15) is 9.18 Å². The molecule has 0 bridgehead atoms. The van der Waals surface area contributed by atoms with E-state index in [-0.39, 0.29) is 18.0 Å². The molecule has 1 heterocycles. The molecule has 4 aromatic rings. The summed E-state index contributed by atoms with van der Waals surface area (Å²) in [5, 5.41) is 4.96. The number of hydrogen-bond donors (Lipinski definition) is 0. The van der Waals surface area contributed by atoms with E-state index in [1.54, 1.807) is 42.5 Å². The summed E-state index contributed by atoms with van der Waals surface area (Å²) in [6.07, 6.45) is 1.54. The largest absolute Gasteiger partial charge is 0.493 e. The molecule has 0 spiro atoms. The molecule has 4 rings (SSSR count). The number of ether oxygens (including phenoxy) is 3. The third-order valence-electron chi connectivity index (χ3n) is 5.61. The third kappa shape index (κ3) is 5.67. The summed E-state index contributed by atoms with van der Waals surface area (Å²) in [5.74, 6) is 1.24. The Bertz CT molecular complexity index is 1520. The maximum Gasteiger partial charge on any atom is 0.282 e. The molecule has 0 radical (unpaired) electrons. The van der Waals surface area contributed by atoms with Gasteiger partial charge < -0.3 is 14.2 Å². The van der Waals surface area contributed by atoms with Crippen LogP contribution in [-0.4, -0.2) is 30.1 Å². The fourth-order valence-corrected chi connectivity index (χ4v) is 4.11. The monoisotopic (exact) mass is 567 g/mol. The predicted octanol–water partition coefficient (Wildman–Crippen LogP) is 6.07. The molecule has 0 saturated heterocycles. The van der Waals surface area contributed by atoms with E-state index < -0.39 is 5.41 Å². The quantitative estimate of drug-likeness (QED) is 0.253. The van der Waals surface area contributed by atoms with Crippen molar-refractivity contribution in [3.8, 4) is 17.2 Å². The molecule has 0 fully saturated rings. The Morgan fingerprint density at radius 3 is 2.35 bits per heavy atom. The van der Waals surface area contributed by atoms with Gasteiger partial charge in [-0.15, -0.1) is 0 Å². The van der Waals surface area contributed by atoms with Crippen LogP contribution in [-0.2, 0) is 12.0 Å². The Kier molecular flexibility index (Phi) is 7.63. The van der Waals surface area contributed by atoms with Crippen molar-refractivity contribution >= 4 is 33.0 Å². The lowest BCUT2D eigenvalue weighted by Crippen LogP contribution is -2.29. The maximum atomic E-state index is 14.1. The minimum atomic E-state index is -0.447. The zero-order valence-electron chi connectivity index (χ0n) is 21.2. The standard InChI is InChI=1S/C28H27BrFN3O4/c1-28(2,3)27-32-22-11-10-19(29)14-20(22)26(34)33(27)31-15-17-12-23(35-4)25(24(13-17)36-5)37-16-18-8-6-7-9-21(18)30/h6-15H,16H2,1-5H3. The molecule has 0 N–H and O–H groups in total. The Morgan fingerprint density at radius 2 is 1.73 bits per heavy atom. The van der Waals surface area contributed by atoms with Crippen molar-refractivity contribution in [1.29, 1.82) is 0 Å². The van der Waals surface area contributed by atoms with Gasteiger partial charge in [0.25, 0.3) is 5.56 Å². The number of hydrogen-bond acceptors (Lipinski definition) is 6. The summed E-state index contributed by atoms with van der Waals surface area (Å²) in [6.45, 7) is 5.91. The van der Waals surface area contributed by atoms with Gasteiger partial charge in [0.2, 0.25) is 5.75 Å². The van der Waals surface area contributed by atoms with E-state index in [2.05, 4.69) is 21.0 Å². The fraction of sp³-hybridized carbons (Fsp3) is 0.250. The van der Waals surface area contributed by atoms with Crippen molar-refractivity contribution in [3.05, 3.63) is 92.2 Å². The second kappa shape index (κ2) is 10.7. The van der Waals surface area contributed by atoms with Gasteiger partial charge in [0.1, 0.15) is 18.2 Å². The summed E-state index contributed by atoms with van der Waals surface area (Å²) in [4.78, 5) is 18.1. The zero-order chi connectivity index (χ0) is 26.7. The number of nitrogens with zero attached hydrogens (tertiary/aromatic N) is 3. The summed E-state index contributed by atoms with van der Waals surface area (Å²) >= 11 is 3.42. The van der Waals surface area contributed by atoms with Gasteiger partial charge in [-0.1, -0.05) is 54.9 Å². The Balaban J connectivity index is 1.75. The first-order valence-corrected chi connectivity index (χ1v) is 12.3. The molecule has 9 heteroatoms. The van der Waals surface area contributed by atoms with Crippen molar-refractivity contribution < 1.29 is 18.6 Å². The van der Waals surface area contributed by atoms with E-state index >= 15 is 0 Å². The van der Waals surface area contributed by atoms with E-state index in [1.165, 1.54) is 31.2 Å². The van der Waals surface area contributed by atoms with Gasteiger partial charge in [0.05, 0.1) is 31.3 Å². The van der Waals surface area contributed by atoms with Crippen molar-refractivity contribution in [2.45, 2.75) is 32.8 Å². The van der Waals surface area contributed by atoms with Crippen molar-refractivity contribution in [2.75, 3.05) is 14.2 Å². The van der Waals surface area contributed by atoms with Crippen molar-refractivity contribution in [3.63, 3.8) is 0 Å². The van der Waals surface area contributed by atoms with Crippen LogP contribution in [0.25, 0.3) is 10.9 Å². The van der Waals surface area contributed by atoms with Gasteiger partial charge in [0, 0.05) is 21.0 Å². The molecular weight excluding hydrogens is 541 g/mol. The first-order valence-electron chi connectivity index (χ1n) is 11.5. The zero-order valence-corrected chi connectivity index (χ0v) is 22.8. The molecule has 3 aromatic carbocycles. The molecule has 1 aromatic heterocycles. The molecule has 0 amide bonds. The van der Waals surface area contributed by atoms with E-state index in [0.717, 1.165) is 4.47 Å². The lowest BCUT2D eigenvalue weighted by Gasteiger charge is -2.21. The van der Waals surface area contributed by atoms with E-state index in [1.807, 2.05) is 26.8 Å². The molecule has 192 valence electrons. The summed E-state index contributed by atoms with van der Waals surface area (Å²) in [6, 6.07) is 15.2. The summed E-state index contributed by atoms with van der Waals surface area (Å²) in [7, 11) is 3.00. The first kappa shape index (κ1) is 26.3. The molecule has 0 aliphatic rings. The highest BCUT2D eigenvalue weighted by molar-refractivity contribution is 9.10. The van der Waals surface area contributed by atoms with Crippen LogP contribution in [0.2, 0.25) is 0 Å². The first-order chi connectivity index (χ1) is 17.6. The van der Waals surface area contributed by atoms with Gasteiger partial charge in [0.15, 0.2) is 11.5 Å². The van der Waals surface area contributed by atoms with Gasteiger partial charge in [-0.3, -0.25) is 4.79 Å². The second-order valence-corrected chi connectivity index (χ2v) is 10.3. The van der Waals surface area contributed by atoms with Crippen LogP contribution < -0.4 is 19.8 Å². The molecule has 0 aliphatic carbocycles. The number of benzene rings is 3. The molecule has 0 unspecified atom stereocenters. The highest BCUT2D eigenvalue weighted by Gasteiger charge is 2.23. The maximum absolute atomic E-state index is 14.1. The topological polar surface area (TPSA) is 74.9 Å². The summed E-state index contributed by atoms with van der Waals surface area (Å²) < 4.78 is 33.1. The van der Waals surface area contributed by atoms with Crippen molar-refractivity contribution in [1.82, 2.24) is 9.66 Å². The van der Waals surface area contributed by atoms with Crippen LogP contribution in [0.1, 0.15) is 37.7 Å². The predicted molar refractivity (Wildman–Crippen MR) is 146 cm³/mol. The minimum absolute atomic E-state index is 0.00448.